The first-order valence-corrected chi connectivity index (χ1v) is 10.00. The molecule has 0 aromatic heterocycles. The summed E-state index contributed by atoms with van der Waals surface area (Å²) in [5, 5.41) is 3.55. The summed E-state index contributed by atoms with van der Waals surface area (Å²) < 4.78 is 0. The maximum atomic E-state index is 13.2. The third-order valence-corrected chi connectivity index (χ3v) is 5.28. The van der Waals surface area contributed by atoms with E-state index in [1.54, 1.807) is 6.07 Å². The molecule has 3 rings (SSSR count). The van der Waals surface area contributed by atoms with Crippen LogP contribution in [0.1, 0.15) is 32.6 Å². The van der Waals surface area contributed by atoms with E-state index in [4.69, 9.17) is 11.6 Å². The highest BCUT2D eigenvalue weighted by Gasteiger charge is 2.23. The first kappa shape index (κ1) is 20.8. The molecule has 29 heavy (non-hydrogen) atoms. The minimum Gasteiger partial charge on any atom is -0.342 e. The molecule has 0 aliphatic heterocycles. The molecule has 0 aliphatic rings. The molecule has 0 saturated carbocycles. The third kappa shape index (κ3) is 5.55. The minimum atomic E-state index is -0.622. The van der Waals surface area contributed by atoms with Gasteiger partial charge in [0.25, 0.3) is 5.91 Å². The molecule has 1 amide bonds. The van der Waals surface area contributed by atoms with Crippen molar-refractivity contribution in [3.05, 3.63) is 106 Å². The normalized spacial score (nSPS) is 11.7. The van der Waals surface area contributed by atoms with Gasteiger partial charge in [-0.05, 0) is 60.7 Å². The fraction of sp³-hybridized carbons (Fsp3) is 0.200. The van der Waals surface area contributed by atoms with Gasteiger partial charge < -0.3 is 5.32 Å². The van der Waals surface area contributed by atoms with Crippen molar-refractivity contribution < 1.29 is 9.59 Å². The van der Waals surface area contributed by atoms with Gasteiger partial charge in [0.15, 0.2) is 5.78 Å². The number of ketones is 1. The average Bonchev–Trinajstić information content (AvgIpc) is 2.71. The standard InChI is InChI=1S/C25H24ClNO2/c1-17-12-13-21(26)15-20(17)16-24(28)23(14-19-9-4-3-5-10-19)27-25(29)22-11-7-6-8-18(22)2/h3-13,15,23H,14,16H2,1-2H3,(H,27,29). The smallest absolute Gasteiger partial charge is 0.252 e. The second-order valence-electron chi connectivity index (χ2n) is 7.24. The number of carbonyl (C=O) groups is 2. The van der Waals surface area contributed by atoms with Crippen molar-refractivity contribution in [3.63, 3.8) is 0 Å². The molecular weight excluding hydrogens is 382 g/mol. The van der Waals surface area contributed by atoms with Crippen LogP contribution in [-0.2, 0) is 17.6 Å². The Kier molecular flexibility index (Phi) is 6.84. The molecule has 148 valence electrons. The van der Waals surface area contributed by atoms with Gasteiger partial charge >= 0.3 is 0 Å². The molecule has 0 radical (unpaired) electrons. The maximum absolute atomic E-state index is 13.2. The summed E-state index contributed by atoms with van der Waals surface area (Å²) in [6.07, 6.45) is 0.662. The molecule has 4 heteroatoms. The summed E-state index contributed by atoms with van der Waals surface area (Å²) in [4.78, 5) is 26.0. The van der Waals surface area contributed by atoms with Crippen LogP contribution in [0.15, 0.2) is 72.8 Å². The summed E-state index contributed by atoms with van der Waals surface area (Å²) >= 11 is 6.11. The largest absolute Gasteiger partial charge is 0.342 e. The Hall–Kier alpha value is -2.91. The van der Waals surface area contributed by atoms with Crippen LogP contribution in [0.2, 0.25) is 5.02 Å². The van der Waals surface area contributed by atoms with Crippen molar-refractivity contribution in [3.8, 4) is 0 Å². The lowest BCUT2D eigenvalue weighted by atomic mass is 9.95. The second kappa shape index (κ2) is 9.53. The van der Waals surface area contributed by atoms with Gasteiger partial charge in [-0.25, -0.2) is 0 Å². The van der Waals surface area contributed by atoms with E-state index < -0.39 is 6.04 Å². The van der Waals surface area contributed by atoms with Gasteiger partial charge in [0.2, 0.25) is 0 Å². The number of aryl methyl sites for hydroxylation is 2. The summed E-state index contributed by atoms with van der Waals surface area (Å²) in [6, 6.07) is 22.0. The molecule has 3 aromatic carbocycles. The Morgan fingerprint density at radius 2 is 1.59 bits per heavy atom. The van der Waals surface area contributed by atoms with Crippen LogP contribution in [0.4, 0.5) is 0 Å². The van der Waals surface area contributed by atoms with Crippen molar-refractivity contribution in [2.24, 2.45) is 0 Å². The SMILES string of the molecule is Cc1ccc(Cl)cc1CC(=O)C(Cc1ccccc1)NC(=O)c1ccccc1C. The lowest BCUT2D eigenvalue weighted by Gasteiger charge is -2.19. The summed E-state index contributed by atoms with van der Waals surface area (Å²) in [5.74, 6) is -0.277. The Morgan fingerprint density at radius 3 is 2.31 bits per heavy atom. The number of halogens is 1. The van der Waals surface area contributed by atoms with E-state index in [0.29, 0.717) is 17.0 Å². The van der Waals surface area contributed by atoms with E-state index >= 15 is 0 Å². The molecule has 1 unspecified atom stereocenters. The number of carbonyl (C=O) groups excluding carboxylic acids is 2. The predicted octanol–water partition coefficient (Wildman–Crippen LogP) is 5.11. The van der Waals surface area contributed by atoms with Crippen LogP contribution in [0.5, 0.6) is 0 Å². The van der Waals surface area contributed by atoms with Crippen molar-refractivity contribution in [1.82, 2.24) is 5.32 Å². The number of hydrogen-bond acceptors (Lipinski definition) is 2. The van der Waals surface area contributed by atoms with Crippen molar-refractivity contribution in [2.45, 2.75) is 32.7 Å². The molecule has 0 spiro atoms. The molecule has 1 N–H and O–H groups in total. The van der Waals surface area contributed by atoms with E-state index in [1.807, 2.05) is 80.6 Å². The van der Waals surface area contributed by atoms with E-state index in [-0.39, 0.29) is 18.1 Å². The van der Waals surface area contributed by atoms with Gasteiger partial charge in [-0.3, -0.25) is 9.59 Å². The van der Waals surface area contributed by atoms with Gasteiger partial charge in [-0.15, -0.1) is 0 Å². The Labute approximate surface area is 176 Å². The van der Waals surface area contributed by atoms with Crippen LogP contribution < -0.4 is 5.32 Å². The van der Waals surface area contributed by atoms with Gasteiger partial charge in [-0.1, -0.05) is 66.2 Å². The van der Waals surface area contributed by atoms with Gasteiger partial charge in [-0.2, -0.15) is 0 Å². The topological polar surface area (TPSA) is 46.2 Å². The van der Waals surface area contributed by atoms with Crippen LogP contribution in [-0.4, -0.2) is 17.7 Å². The Balaban J connectivity index is 1.84. The lowest BCUT2D eigenvalue weighted by molar-refractivity contribution is -0.120. The highest BCUT2D eigenvalue weighted by atomic mass is 35.5. The quantitative estimate of drug-likeness (QED) is 0.593. The van der Waals surface area contributed by atoms with Crippen LogP contribution >= 0.6 is 11.6 Å². The van der Waals surface area contributed by atoms with Gasteiger partial charge in [0, 0.05) is 17.0 Å². The maximum Gasteiger partial charge on any atom is 0.252 e. The third-order valence-electron chi connectivity index (χ3n) is 5.04. The molecule has 3 nitrogen and oxygen atoms in total. The highest BCUT2D eigenvalue weighted by molar-refractivity contribution is 6.30. The fourth-order valence-corrected chi connectivity index (χ4v) is 3.49. The average molecular weight is 406 g/mol. The molecule has 0 fully saturated rings. The zero-order chi connectivity index (χ0) is 20.8. The minimum absolute atomic E-state index is 0.0406. The van der Waals surface area contributed by atoms with Gasteiger partial charge in [0.05, 0.1) is 6.04 Å². The number of benzene rings is 3. The summed E-state index contributed by atoms with van der Waals surface area (Å²) in [5.41, 5.74) is 4.34. The number of amides is 1. The van der Waals surface area contributed by atoms with E-state index in [1.165, 1.54) is 0 Å². The van der Waals surface area contributed by atoms with Crippen LogP contribution in [0.3, 0.4) is 0 Å². The Bertz CT molecular complexity index is 1010. The van der Waals surface area contributed by atoms with Crippen LogP contribution in [0.25, 0.3) is 0 Å². The molecule has 0 aliphatic carbocycles. The number of rotatable bonds is 7. The number of hydrogen-bond donors (Lipinski definition) is 1. The van der Waals surface area contributed by atoms with Crippen molar-refractivity contribution in [1.29, 1.82) is 0 Å². The molecule has 0 bridgehead atoms. The summed E-state index contributed by atoms with van der Waals surface area (Å²) in [7, 11) is 0. The molecule has 1 atom stereocenters. The zero-order valence-electron chi connectivity index (χ0n) is 16.6. The molecule has 0 heterocycles. The fourth-order valence-electron chi connectivity index (χ4n) is 3.30. The van der Waals surface area contributed by atoms with E-state index in [0.717, 1.165) is 22.3 Å². The van der Waals surface area contributed by atoms with E-state index in [9.17, 15) is 9.59 Å². The molecule has 3 aromatic rings. The second-order valence-corrected chi connectivity index (χ2v) is 7.68. The van der Waals surface area contributed by atoms with Gasteiger partial charge in [0.1, 0.15) is 0 Å². The lowest BCUT2D eigenvalue weighted by Crippen LogP contribution is -2.43. The van der Waals surface area contributed by atoms with Crippen LogP contribution in [0, 0.1) is 13.8 Å². The van der Waals surface area contributed by atoms with Crippen molar-refractivity contribution >= 4 is 23.3 Å². The molecular formula is C25H24ClNO2. The number of Topliss-reactive ketones (excluding diaryl/α,β-unsaturated/α-hetero) is 1. The first-order chi connectivity index (χ1) is 13.9. The number of nitrogens with one attached hydrogen (secondary N) is 1. The monoisotopic (exact) mass is 405 g/mol. The zero-order valence-corrected chi connectivity index (χ0v) is 17.4. The van der Waals surface area contributed by atoms with E-state index in [2.05, 4.69) is 5.32 Å². The highest BCUT2D eigenvalue weighted by Crippen LogP contribution is 2.18. The van der Waals surface area contributed by atoms with Crippen molar-refractivity contribution in [2.75, 3.05) is 0 Å². The molecule has 0 saturated heterocycles. The predicted molar refractivity (Wildman–Crippen MR) is 117 cm³/mol. The Morgan fingerprint density at radius 1 is 0.897 bits per heavy atom. The first-order valence-electron chi connectivity index (χ1n) is 9.62. The summed E-state index contributed by atoms with van der Waals surface area (Å²) in [6.45, 7) is 3.84.